The molecule has 2 saturated carbocycles. The van der Waals surface area contributed by atoms with Crippen molar-refractivity contribution < 1.29 is 8.42 Å². The quantitative estimate of drug-likeness (QED) is 0.707. The molecule has 2 fully saturated rings. The molecular formula is C15H27Cl2N5O2S. The Morgan fingerprint density at radius 2 is 1.84 bits per heavy atom. The summed E-state index contributed by atoms with van der Waals surface area (Å²) in [5.41, 5.74) is 6.92. The molecule has 0 bridgehead atoms. The number of hydrogen-bond acceptors (Lipinski definition) is 6. The molecule has 0 atom stereocenters. The van der Waals surface area contributed by atoms with Gasteiger partial charge in [-0.2, -0.15) is 0 Å². The van der Waals surface area contributed by atoms with Crippen molar-refractivity contribution in [2.75, 3.05) is 31.7 Å². The summed E-state index contributed by atoms with van der Waals surface area (Å²) in [5.74, 6) is 2.55. The normalized spacial score (nSPS) is 22.6. The van der Waals surface area contributed by atoms with Gasteiger partial charge in [0.2, 0.25) is 10.0 Å². The second-order valence-electron chi connectivity index (χ2n) is 6.76. The van der Waals surface area contributed by atoms with Crippen LogP contribution in [0.3, 0.4) is 0 Å². The van der Waals surface area contributed by atoms with Gasteiger partial charge in [-0.3, -0.25) is 0 Å². The standard InChI is InChI=1S/C15H25N5O2S.2ClH/c1-20(2)23(21,22)6-5-17-14-9-13(11-7-12(16)8-11)18-15(19-14)10-3-4-10;;/h9-12H,3-8,16H2,1-2H3,(H,17,18,19);2*1H. The van der Waals surface area contributed by atoms with E-state index in [1.165, 1.54) is 4.31 Å². The summed E-state index contributed by atoms with van der Waals surface area (Å²) < 4.78 is 24.9. The molecule has 0 radical (unpaired) electrons. The maximum absolute atomic E-state index is 11.8. The van der Waals surface area contributed by atoms with Gasteiger partial charge in [0, 0.05) is 50.3 Å². The Morgan fingerprint density at radius 1 is 1.20 bits per heavy atom. The number of halogens is 2. The molecule has 0 aromatic carbocycles. The fourth-order valence-electron chi connectivity index (χ4n) is 2.70. The highest BCUT2D eigenvalue weighted by atomic mass is 35.5. The topological polar surface area (TPSA) is 101 Å². The number of nitrogens with two attached hydrogens (primary N) is 1. The predicted molar refractivity (Wildman–Crippen MR) is 104 cm³/mol. The fraction of sp³-hybridized carbons (Fsp3) is 0.733. The van der Waals surface area contributed by atoms with E-state index in [1.807, 2.05) is 6.07 Å². The molecule has 2 aliphatic carbocycles. The lowest BCUT2D eigenvalue weighted by Crippen LogP contribution is -2.35. The molecule has 7 nitrogen and oxygen atoms in total. The summed E-state index contributed by atoms with van der Waals surface area (Å²) in [5, 5.41) is 3.15. The van der Waals surface area contributed by atoms with Crippen LogP contribution in [-0.4, -0.2) is 55.1 Å². The zero-order chi connectivity index (χ0) is 16.6. The van der Waals surface area contributed by atoms with E-state index in [2.05, 4.69) is 10.3 Å². The van der Waals surface area contributed by atoms with E-state index in [-0.39, 0.29) is 36.6 Å². The Morgan fingerprint density at radius 3 is 2.36 bits per heavy atom. The van der Waals surface area contributed by atoms with Gasteiger partial charge in [0.05, 0.1) is 5.75 Å². The van der Waals surface area contributed by atoms with Crippen LogP contribution in [0.2, 0.25) is 0 Å². The first-order chi connectivity index (χ1) is 10.8. The molecule has 144 valence electrons. The number of anilines is 1. The Labute approximate surface area is 162 Å². The predicted octanol–water partition coefficient (Wildman–Crippen LogP) is 1.71. The van der Waals surface area contributed by atoms with Crippen molar-refractivity contribution in [3.63, 3.8) is 0 Å². The molecule has 0 amide bonds. The highest BCUT2D eigenvalue weighted by Gasteiger charge is 2.32. The molecule has 1 aromatic rings. The van der Waals surface area contributed by atoms with Crippen LogP contribution in [-0.2, 0) is 10.0 Å². The number of aromatic nitrogens is 2. The van der Waals surface area contributed by atoms with E-state index in [0.717, 1.165) is 43.0 Å². The molecule has 3 N–H and O–H groups in total. The van der Waals surface area contributed by atoms with Crippen molar-refractivity contribution in [3.8, 4) is 0 Å². The van der Waals surface area contributed by atoms with Crippen molar-refractivity contribution in [1.29, 1.82) is 0 Å². The number of rotatable bonds is 7. The molecule has 3 rings (SSSR count). The zero-order valence-corrected chi connectivity index (χ0v) is 17.0. The van der Waals surface area contributed by atoms with Crippen molar-refractivity contribution >= 4 is 40.7 Å². The van der Waals surface area contributed by atoms with Crippen LogP contribution in [0.5, 0.6) is 0 Å². The first-order valence-corrected chi connectivity index (χ1v) is 9.74. The van der Waals surface area contributed by atoms with E-state index in [1.54, 1.807) is 14.1 Å². The second kappa shape index (κ2) is 8.81. The third kappa shape index (κ3) is 5.65. The van der Waals surface area contributed by atoms with Gasteiger partial charge in [-0.15, -0.1) is 24.8 Å². The minimum absolute atomic E-state index is 0. The maximum atomic E-state index is 11.8. The highest BCUT2D eigenvalue weighted by molar-refractivity contribution is 7.89. The number of hydrogen-bond donors (Lipinski definition) is 2. The molecule has 10 heteroatoms. The number of nitrogens with zero attached hydrogens (tertiary/aromatic N) is 3. The lowest BCUT2D eigenvalue weighted by atomic mass is 9.78. The maximum Gasteiger partial charge on any atom is 0.215 e. The van der Waals surface area contributed by atoms with Gasteiger partial charge >= 0.3 is 0 Å². The third-order valence-electron chi connectivity index (χ3n) is 4.52. The lowest BCUT2D eigenvalue weighted by Gasteiger charge is -2.32. The van der Waals surface area contributed by atoms with Crippen molar-refractivity contribution in [2.45, 2.75) is 43.6 Å². The molecule has 1 heterocycles. The third-order valence-corrected chi connectivity index (χ3v) is 6.35. The van der Waals surface area contributed by atoms with Crippen LogP contribution in [0.1, 0.15) is 49.0 Å². The largest absolute Gasteiger partial charge is 0.369 e. The van der Waals surface area contributed by atoms with Crippen LogP contribution >= 0.6 is 24.8 Å². The van der Waals surface area contributed by atoms with Crippen LogP contribution in [0.4, 0.5) is 5.82 Å². The van der Waals surface area contributed by atoms with Crippen LogP contribution < -0.4 is 11.1 Å². The summed E-state index contributed by atoms with van der Waals surface area (Å²) >= 11 is 0. The van der Waals surface area contributed by atoms with Gasteiger partial charge in [0.15, 0.2) is 0 Å². The van der Waals surface area contributed by atoms with E-state index in [9.17, 15) is 8.42 Å². The van der Waals surface area contributed by atoms with Crippen LogP contribution in [0, 0.1) is 0 Å². The van der Waals surface area contributed by atoms with Gasteiger partial charge in [-0.05, 0) is 25.7 Å². The van der Waals surface area contributed by atoms with E-state index in [0.29, 0.717) is 18.4 Å². The average Bonchev–Trinajstić information content (AvgIpc) is 3.28. The first kappa shape index (κ1) is 22.4. The van der Waals surface area contributed by atoms with Gasteiger partial charge in [0.25, 0.3) is 0 Å². The minimum Gasteiger partial charge on any atom is -0.369 e. The smallest absolute Gasteiger partial charge is 0.215 e. The molecule has 25 heavy (non-hydrogen) atoms. The summed E-state index contributed by atoms with van der Waals surface area (Å²) in [6.07, 6.45) is 4.22. The van der Waals surface area contributed by atoms with Gasteiger partial charge in [-0.25, -0.2) is 22.7 Å². The van der Waals surface area contributed by atoms with Crippen LogP contribution in [0.15, 0.2) is 6.07 Å². The average molecular weight is 412 g/mol. The fourth-order valence-corrected chi connectivity index (χ4v) is 3.43. The molecule has 0 spiro atoms. The molecule has 2 aliphatic rings. The Kier molecular flexibility index (Phi) is 7.89. The number of sulfonamides is 1. The molecule has 0 unspecified atom stereocenters. The van der Waals surface area contributed by atoms with Gasteiger partial charge < -0.3 is 11.1 Å². The van der Waals surface area contributed by atoms with Gasteiger partial charge in [-0.1, -0.05) is 0 Å². The first-order valence-electron chi connectivity index (χ1n) is 8.13. The number of nitrogens with one attached hydrogen (secondary N) is 1. The summed E-state index contributed by atoms with van der Waals surface area (Å²) in [6, 6.07) is 2.23. The summed E-state index contributed by atoms with van der Waals surface area (Å²) in [6.45, 7) is 0.339. The molecular weight excluding hydrogens is 385 g/mol. The second-order valence-corrected chi connectivity index (χ2v) is 9.07. The highest BCUT2D eigenvalue weighted by Crippen LogP contribution is 2.41. The van der Waals surface area contributed by atoms with E-state index < -0.39 is 10.0 Å². The zero-order valence-electron chi connectivity index (χ0n) is 14.5. The lowest BCUT2D eigenvalue weighted by molar-refractivity contribution is 0.344. The van der Waals surface area contributed by atoms with Crippen molar-refractivity contribution in [2.24, 2.45) is 5.73 Å². The minimum atomic E-state index is -3.20. The Bertz CT molecular complexity index is 676. The van der Waals surface area contributed by atoms with Crippen molar-refractivity contribution in [1.82, 2.24) is 14.3 Å². The van der Waals surface area contributed by atoms with Crippen molar-refractivity contribution in [3.05, 3.63) is 17.6 Å². The van der Waals surface area contributed by atoms with E-state index in [4.69, 9.17) is 10.7 Å². The Balaban J connectivity index is 0.00000156. The summed E-state index contributed by atoms with van der Waals surface area (Å²) in [7, 11) is -0.109. The van der Waals surface area contributed by atoms with Gasteiger partial charge in [0.1, 0.15) is 11.6 Å². The monoisotopic (exact) mass is 411 g/mol. The molecule has 0 saturated heterocycles. The molecule has 1 aromatic heterocycles. The Hall–Kier alpha value is -0.670. The SMILES string of the molecule is CN(C)S(=O)(=O)CCNc1cc(C2CC(N)C2)nc(C2CC2)n1.Cl.Cl. The molecule has 0 aliphatic heterocycles. The van der Waals surface area contributed by atoms with E-state index >= 15 is 0 Å². The van der Waals surface area contributed by atoms with Crippen LogP contribution in [0.25, 0.3) is 0 Å². The summed E-state index contributed by atoms with van der Waals surface area (Å²) in [4.78, 5) is 9.26.